The van der Waals surface area contributed by atoms with Gasteiger partial charge in [0.15, 0.2) is 35.8 Å². The summed E-state index contributed by atoms with van der Waals surface area (Å²) in [5.41, 5.74) is 3.65. The maximum absolute atomic E-state index is 17.6. The maximum Gasteiger partial charge on any atom is 0.430 e. The molecule has 121 heavy (non-hydrogen) atoms. The van der Waals surface area contributed by atoms with Gasteiger partial charge >= 0.3 is 18.0 Å². The number of benzene rings is 4. The summed E-state index contributed by atoms with van der Waals surface area (Å²) in [6.07, 6.45) is 3.81. The van der Waals surface area contributed by atoms with Crippen LogP contribution in [0.2, 0.25) is 0 Å². The highest BCUT2D eigenvalue weighted by atomic mass is 79.9. The van der Waals surface area contributed by atoms with E-state index in [0.717, 1.165) is 134 Å². The number of fused-ring (bicyclic) bond motifs is 4. The Bertz CT molecular complexity index is 5760. The second kappa shape index (κ2) is 37.0. The van der Waals surface area contributed by atoms with Crippen molar-refractivity contribution in [1.29, 1.82) is 0 Å². The number of alkyl halides is 3. The fraction of sp³-hybridized carbons (Fsp3) is 0.353. The van der Waals surface area contributed by atoms with Crippen molar-refractivity contribution < 1.29 is 46.5 Å². The van der Waals surface area contributed by atoms with Crippen molar-refractivity contribution >= 4 is 156 Å². The Kier molecular flexibility index (Phi) is 25.9. The van der Waals surface area contributed by atoms with Crippen molar-refractivity contribution in [1.82, 2.24) is 79.8 Å². The van der Waals surface area contributed by atoms with Crippen LogP contribution in [-0.2, 0) is 20.6 Å². The molecule has 36 heteroatoms. The van der Waals surface area contributed by atoms with Crippen LogP contribution in [0.15, 0.2) is 160 Å². The summed E-state index contributed by atoms with van der Waals surface area (Å²) < 4.78 is 71.8. The molecule has 0 bridgehead atoms. The standard InChI is InChI=1S/C65H68Br2F3N17O5.C20H21BrN6O2/c1-40-53-33-47(36-71-57(53)78-62(75-40)84-25-21-46(22-26-84)80(4)5)86(48-34-54-41(2)76-63(79-58(54)72-37-48)85-31-28-82(7)29-32-85)60(89)65(92-52-19-13-45(67)14-20-52,91-51-15-9-43(10-16-51)64(68,69)70)87(56(88)39-90-50-17-11-44(66)12-18-50)49-35-55-42(3)74-61(77-59(55)73-38-49)83-24-8-23-81(6)27-30-83;1-13-17-10-15(25-18(28)12-29-16-4-2-14(21)3-5-16)11-23-19(17)26-20(24-13)27-8-6-22-7-9-27/h9-20,33-38,46H,8,21-32,39H2,1-7H3;2-5,10-11,22H,6-9,12H2,1H3,(H,25,28). The largest absolute Gasteiger partial charge is 0.484 e. The third-order valence-corrected chi connectivity index (χ3v) is 23.1. The van der Waals surface area contributed by atoms with E-state index >= 15 is 9.59 Å². The molecule has 0 spiro atoms. The molecule has 12 aromatic rings. The lowest BCUT2D eigenvalue weighted by Crippen LogP contribution is -2.69. The van der Waals surface area contributed by atoms with Crippen LogP contribution in [0, 0.1) is 27.7 Å². The molecule has 4 aromatic carbocycles. The van der Waals surface area contributed by atoms with Crippen molar-refractivity contribution in [3.8, 4) is 23.0 Å². The molecule has 16 rings (SSSR count). The highest BCUT2D eigenvalue weighted by Gasteiger charge is 2.57. The summed E-state index contributed by atoms with van der Waals surface area (Å²) >= 11 is 10.4. The lowest BCUT2D eigenvalue weighted by molar-refractivity contribution is -0.167. The second-order valence-corrected chi connectivity index (χ2v) is 33.0. The Morgan fingerprint density at radius 3 is 1.32 bits per heavy atom. The minimum atomic E-state index is -4.77. The zero-order chi connectivity index (χ0) is 84.8. The Balaban J connectivity index is 0.000000329. The number of carbonyl (C=O) groups excluding carboxylic acids is 3. The van der Waals surface area contributed by atoms with E-state index in [1.54, 1.807) is 92.0 Å². The summed E-state index contributed by atoms with van der Waals surface area (Å²) in [7, 11) is 8.29. The van der Waals surface area contributed by atoms with Gasteiger partial charge in [-0.25, -0.2) is 44.8 Å². The van der Waals surface area contributed by atoms with Crippen LogP contribution in [-0.4, -0.2) is 237 Å². The molecule has 4 aliphatic rings. The number of rotatable bonds is 21. The predicted octanol–water partition coefficient (Wildman–Crippen LogP) is 12.7. The molecular formula is C85H89Br3F3N23O7. The third-order valence-electron chi connectivity index (χ3n) is 21.5. The van der Waals surface area contributed by atoms with E-state index in [0.29, 0.717) is 122 Å². The topological polar surface area (TPSA) is 296 Å². The van der Waals surface area contributed by atoms with Gasteiger partial charge in [0.25, 0.3) is 11.8 Å². The normalized spacial score (nSPS) is 15.7. The Hall–Kier alpha value is -11.3. The van der Waals surface area contributed by atoms with E-state index in [1.807, 2.05) is 39.0 Å². The van der Waals surface area contributed by atoms with Crippen LogP contribution >= 0.6 is 47.8 Å². The van der Waals surface area contributed by atoms with Gasteiger partial charge in [0, 0.05) is 126 Å². The van der Waals surface area contributed by atoms with Crippen LogP contribution in [0.25, 0.3) is 44.1 Å². The summed E-state index contributed by atoms with van der Waals surface area (Å²) in [5, 5.41) is 8.27. The van der Waals surface area contributed by atoms with E-state index in [4.69, 9.17) is 63.8 Å². The molecule has 30 nitrogen and oxygen atoms in total. The predicted molar refractivity (Wildman–Crippen MR) is 468 cm³/mol. The first kappa shape index (κ1) is 84.7. The smallest absolute Gasteiger partial charge is 0.430 e. The molecule has 628 valence electrons. The quantitative estimate of drug-likeness (QED) is 0.0632. The van der Waals surface area contributed by atoms with Gasteiger partial charge in [-0.3, -0.25) is 19.3 Å². The van der Waals surface area contributed by atoms with Crippen molar-refractivity contribution in [3.63, 3.8) is 0 Å². The molecule has 8 aromatic heterocycles. The summed E-state index contributed by atoms with van der Waals surface area (Å²) in [5.74, 6) is -2.75. The Morgan fingerprint density at radius 2 is 0.860 bits per heavy atom. The number of nitrogens with zero attached hydrogens (tertiary/aromatic N) is 21. The Morgan fingerprint density at radius 1 is 0.471 bits per heavy atom. The molecule has 4 saturated heterocycles. The van der Waals surface area contributed by atoms with Crippen molar-refractivity contribution in [2.45, 2.75) is 65.1 Å². The van der Waals surface area contributed by atoms with Gasteiger partial charge in [-0.2, -0.15) is 33.1 Å². The van der Waals surface area contributed by atoms with Gasteiger partial charge in [-0.1, -0.05) is 47.8 Å². The zero-order valence-electron chi connectivity index (χ0n) is 67.9. The number of piperidine rings is 1. The van der Waals surface area contributed by atoms with E-state index in [1.165, 1.54) is 23.5 Å². The molecule has 0 radical (unpaired) electrons. The van der Waals surface area contributed by atoms with Gasteiger partial charge in [0.1, 0.15) is 23.0 Å². The number of amides is 3. The van der Waals surface area contributed by atoms with E-state index in [-0.39, 0.29) is 52.5 Å². The molecule has 1 atom stereocenters. The molecule has 1 unspecified atom stereocenters. The van der Waals surface area contributed by atoms with Gasteiger partial charge in [0.05, 0.1) is 75.9 Å². The number of aromatic nitrogens is 12. The average Bonchev–Trinajstić information content (AvgIpc) is 0.773. The zero-order valence-corrected chi connectivity index (χ0v) is 72.6. The molecule has 0 saturated carbocycles. The second-order valence-electron chi connectivity index (χ2n) is 30.2. The van der Waals surface area contributed by atoms with Gasteiger partial charge < -0.3 is 63.9 Å². The average molecular weight is 1840 g/mol. The summed E-state index contributed by atoms with van der Waals surface area (Å²) in [6.45, 7) is 17.6. The first-order chi connectivity index (χ1) is 58.2. The maximum atomic E-state index is 17.6. The lowest BCUT2D eigenvalue weighted by atomic mass is 10.0. The van der Waals surface area contributed by atoms with Gasteiger partial charge in [-0.15, -0.1) is 0 Å². The summed E-state index contributed by atoms with van der Waals surface area (Å²) in [6, 6.07) is 31.4. The van der Waals surface area contributed by atoms with Crippen LogP contribution in [0.5, 0.6) is 23.0 Å². The molecule has 2 N–H and O–H groups in total. The minimum Gasteiger partial charge on any atom is -0.484 e. The number of hydrogen-bond acceptors (Lipinski definition) is 27. The number of carbonyl (C=O) groups is 3. The number of likely N-dealkylation sites (N-methyl/N-ethyl adjacent to an activating group) is 2. The number of anilines is 8. The fourth-order valence-corrected chi connectivity index (χ4v) is 15.5. The number of aryl methyl sites for hydroxylation is 4. The van der Waals surface area contributed by atoms with Crippen LogP contribution in [0.4, 0.5) is 59.7 Å². The Labute approximate surface area is 721 Å². The number of pyridine rings is 4. The number of hydrogen-bond donors (Lipinski definition) is 2. The third kappa shape index (κ3) is 19.9. The summed E-state index contributed by atoms with van der Waals surface area (Å²) in [4.78, 5) is 122. The first-order valence-electron chi connectivity index (χ1n) is 39.6. The fourth-order valence-electron chi connectivity index (χ4n) is 14.7. The minimum absolute atomic E-state index is 0.0265. The first-order valence-corrected chi connectivity index (χ1v) is 42.0. The lowest BCUT2D eigenvalue weighted by Gasteiger charge is -2.43. The van der Waals surface area contributed by atoms with E-state index < -0.39 is 36.1 Å². The number of nitrogens with one attached hydrogen (secondary N) is 2. The van der Waals surface area contributed by atoms with E-state index in [2.05, 4.69) is 136 Å². The molecule has 4 fully saturated rings. The SMILES string of the molecule is Cc1nc(N2CCC(N(C)C)CC2)nc2ncc(N(C(=O)C(Oc3ccc(Br)cc3)(Oc3ccc(C(F)(F)F)cc3)N(C(=O)COc3ccc(Br)cc3)c3cnc4nc(N5CCCN(C)CC5)nc(C)c4c3)c3cnc4nc(N5CCN(C)CC5)nc(C)c4c3)cc12.Cc1nc(N2CCNCC2)nc2ncc(NC(=O)COc3ccc(Br)cc3)cc12. The number of halogens is 6. The van der Waals surface area contributed by atoms with Crippen LogP contribution in [0.3, 0.4) is 0 Å². The highest BCUT2D eigenvalue weighted by Crippen LogP contribution is 2.42. The van der Waals surface area contributed by atoms with Gasteiger partial charge in [-0.05, 0) is 203 Å². The van der Waals surface area contributed by atoms with E-state index in [9.17, 15) is 18.0 Å². The molecule has 0 aliphatic carbocycles. The monoisotopic (exact) mass is 1840 g/mol. The number of ether oxygens (including phenoxy) is 4. The number of piperazine rings is 2. The molecular weight excluding hydrogens is 1750 g/mol. The molecule has 12 heterocycles. The van der Waals surface area contributed by atoms with Crippen molar-refractivity contribution in [2.24, 2.45) is 0 Å². The molecule has 4 aliphatic heterocycles. The molecule has 3 amide bonds. The van der Waals surface area contributed by atoms with Crippen LogP contribution < -0.4 is 59.0 Å². The van der Waals surface area contributed by atoms with Gasteiger partial charge in [0.2, 0.25) is 23.8 Å². The van der Waals surface area contributed by atoms with Crippen LogP contribution in [0.1, 0.15) is 47.6 Å². The highest BCUT2D eigenvalue weighted by molar-refractivity contribution is 9.11. The van der Waals surface area contributed by atoms with Crippen molar-refractivity contribution in [2.75, 3.05) is 168 Å². The van der Waals surface area contributed by atoms with Crippen molar-refractivity contribution in [3.05, 3.63) is 188 Å².